The second-order valence-electron chi connectivity index (χ2n) is 9.63. The van der Waals surface area contributed by atoms with Gasteiger partial charge in [0.05, 0.1) is 32.8 Å². The van der Waals surface area contributed by atoms with Gasteiger partial charge in [-0.05, 0) is 41.5 Å². The number of thiophene rings is 1. The summed E-state index contributed by atoms with van der Waals surface area (Å²) in [6.45, 7) is 6.51. The minimum atomic E-state index is -4.11. The fourth-order valence-electron chi connectivity index (χ4n) is 3.77. The van der Waals surface area contributed by atoms with Crippen LogP contribution < -0.4 is 15.6 Å². The van der Waals surface area contributed by atoms with Gasteiger partial charge in [-0.15, -0.1) is 11.3 Å². The zero-order valence-electron chi connectivity index (χ0n) is 20.8. The molecule has 13 heteroatoms. The van der Waals surface area contributed by atoms with Crippen molar-refractivity contribution in [3.8, 4) is 16.3 Å². The molecule has 2 aromatic heterocycles. The van der Waals surface area contributed by atoms with E-state index in [2.05, 4.69) is 35.9 Å². The van der Waals surface area contributed by atoms with E-state index in [-0.39, 0.29) is 45.2 Å². The highest BCUT2D eigenvalue weighted by molar-refractivity contribution is 7.94. The number of aromatic nitrogens is 2. The molecule has 3 N–H and O–H groups in total. The van der Waals surface area contributed by atoms with Crippen LogP contribution in [0, 0.1) is 5.41 Å². The van der Waals surface area contributed by atoms with Crippen molar-refractivity contribution in [2.24, 2.45) is 5.41 Å². The molecule has 0 bridgehead atoms. The number of aromatic hydroxyl groups is 1. The Balaban J connectivity index is 1.86. The van der Waals surface area contributed by atoms with Gasteiger partial charge in [-0.2, -0.15) is 5.10 Å². The molecular weight excluding hydrogens is 536 g/mol. The van der Waals surface area contributed by atoms with Crippen molar-refractivity contribution >= 4 is 48.3 Å². The zero-order chi connectivity index (χ0) is 27.2. The Bertz CT molecular complexity index is 1650. The topological polar surface area (TPSA) is 147 Å². The second-order valence-corrected chi connectivity index (χ2v) is 14.1. The molecule has 0 saturated carbocycles. The van der Waals surface area contributed by atoms with Crippen LogP contribution in [-0.4, -0.2) is 38.0 Å². The summed E-state index contributed by atoms with van der Waals surface area (Å²) in [5.74, 6) is -0.425. The van der Waals surface area contributed by atoms with Gasteiger partial charge >= 0.3 is 0 Å². The summed E-state index contributed by atoms with van der Waals surface area (Å²) >= 11 is 1.33. The molecule has 0 fully saturated rings. The van der Waals surface area contributed by atoms with E-state index in [1.165, 1.54) is 34.2 Å². The smallest absolute Gasteiger partial charge is 0.279 e. The molecule has 37 heavy (non-hydrogen) atoms. The Kier molecular flexibility index (Phi) is 6.99. The van der Waals surface area contributed by atoms with Gasteiger partial charge in [0.25, 0.3) is 5.56 Å². The van der Waals surface area contributed by atoms with Gasteiger partial charge in [-0.3, -0.25) is 9.52 Å². The fourth-order valence-corrected chi connectivity index (χ4v) is 6.37. The number of aryl methyl sites for hydroxylation is 1. The van der Waals surface area contributed by atoms with E-state index in [4.69, 9.17) is 0 Å². The predicted molar refractivity (Wildman–Crippen MR) is 146 cm³/mol. The maximum Gasteiger partial charge on any atom is 0.279 e. The summed E-state index contributed by atoms with van der Waals surface area (Å²) in [4.78, 5) is 14.0. The lowest BCUT2D eigenvalue weighted by Gasteiger charge is -2.24. The molecule has 0 saturated heterocycles. The third-order valence-corrected chi connectivity index (χ3v) is 9.23. The minimum absolute atomic E-state index is 0.0510. The number of anilines is 2. The van der Waals surface area contributed by atoms with Crippen LogP contribution in [0.1, 0.15) is 39.2 Å². The predicted octanol–water partition coefficient (Wildman–Crippen LogP) is 4.07. The lowest BCUT2D eigenvalue weighted by Crippen LogP contribution is -2.30. The van der Waals surface area contributed by atoms with Crippen molar-refractivity contribution < 1.29 is 21.9 Å². The molecule has 3 aromatic rings. The molecule has 0 aliphatic carbocycles. The number of fused-ring (bicyclic) bond motifs is 1. The zero-order valence-corrected chi connectivity index (χ0v) is 23.2. The van der Waals surface area contributed by atoms with Gasteiger partial charge in [-0.1, -0.05) is 33.3 Å². The SMILES string of the molecule is CCC(C)(C)CCn1nc(-c2cccs2)c(O)c(C2=CS(=O)(=O)c3cc(NS(C)(=O)=O)ccc3N2)c1=O. The number of nitrogens with one attached hydrogen (secondary N) is 2. The number of sulfone groups is 1. The fraction of sp³-hybridized carbons (Fsp3) is 0.333. The van der Waals surface area contributed by atoms with Gasteiger partial charge in [-0.25, -0.2) is 21.5 Å². The molecular formula is C24H28N4O6S3. The van der Waals surface area contributed by atoms with E-state index in [1.807, 2.05) is 5.38 Å². The van der Waals surface area contributed by atoms with Crippen molar-refractivity contribution in [2.75, 3.05) is 16.3 Å². The summed E-state index contributed by atoms with van der Waals surface area (Å²) in [5, 5.41) is 21.2. The van der Waals surface area contributed by atoms with Crippen molar-refractivity contribution in [2.45, 2.75) is 45.1 Å². The minimum Gasteiger partial charge on any atom is -0.505 e. The van der Waals surface area contributed by atoms with Crippen LogP contribution in [-0.2, 0) is 26.4 Å². The highest BCUT2D eigenvalue weighted by Crippen LogP contribution is 2.39. The van der Waals surface area contributed by atoms with Gasteiger partial charge in [0.1, 0.15) is 11.3 Å². The molecule has 3 heterocycles. The molecule has 0 unspecified atom stereocenters. The van der Waals surface area contributed by atoms with E-state index in [9.17, 15) is 26.7 Å². The Morgan fingerprint density at radius 2 is 1.97 bits per heavy atom. The molecule has 4 rings (SSSR count). The molecule has 0 spiro atoms. The molecule has 10 nitrogen and oxygen atoms in total. The van der Waals surface area contributed by atoms with Crippen molar-refractivity contribution in [1.29, 1.82) is 0 Å². The number of benzene rings is 1. The van der Waals surface area contributed by atoms with Crippen LogP contribution in [0.3, 0.4) is 0 Å². The lowest BCUT2D eigenvalue weighted by atomic mass is 9.86. The van der Waals surface area contributed by atoms with Crippen LogP contribution in [0.4, 0.5) is 11.4 Å². The quantitative estimate of drug-likeness (QED) is 0.371. The lowest BCUT2D eigenvalue weighted by molar-refractivity contribution is 0.291. The molecule has 0 amide bonds. The van der Waals surface area contributed by atoms with Crippen LogP contribution >= 0.6 is 11.3 Å². The third kappa shape index (κ3) is 5.73. The molecule has 1 aromatic carbocycles. The standard InChI is InChI=1S/C24H28N4O6S3/c1-5-24(2,3)10-11-28-23(30)20(22(29)21(26-28)18-7-6-12-35-18)17-14-37(33,34)19-13-15(27-36(4,31)32)8-9-16(19)25-17/h6-9,12-14,25,27,29H,5,10-11H2,1-4H3. The van der Waals surface area contributed by atoms with E-state index in [0.717, 1.165) is 18.1 Å². The highest BCUT2D eigenvalue weighted by atomic mass is 32.2. The number of sulfonamides is 1. The van der Waals surface area contributed by atoms with Crippen LogP contribution in [0.2, 0.25) is 0 Å². The van der Waals surface area contributed by atoms with E-state index < -0.39 is 31.2 Å². The Labute approximate surface area is 219 Å². The first-order chi connectivity index (χ1) is 17.2. The Hall–Kier alpha value is -3.16. The maximum absolute atomic E-state index is 13.5. The maximum atomic E-state index is 13.5. The first-order valence-electron chi connectivity index (χ1n) is 11.4. The van der Waals surface area contributed by atoms with Crippen molar-refractivity contribution in [1.82, 2.24) is 9.78 Å². The third-order valence-electron chi connectivity index (χ3n) is 6.25. The normalized spacial score (nSPS) is 15.0. The number of nitrogens with zero attached hydrogens (tertiary/aromatic N) is 2. The Morgan fingerprint density at radius 1 is 1.24 bits per heavy atom. The highest BCUT2D eigenvalue weighted by Gasteiger charge is 2.30. The van der Waals surface area contributed by atoms with Gasteiger partial charge in [0, 0.05) is 12.2 Å². The summed E-state index contributed by atoms with van der Waals surface area (Å²) in [6, 6.07) is 7.54. The first-order valence-corrected chi connectivity index (χ1v) is 15.8. The van der Waals surface area contributed by atoms with Gasteiger partial charge in [0.2, 0.25) is 19.9 Å². The molecule has 0 radical (unpaired) electrons. The average Bonchev–Trinajstić information content (AvgIpc) is 3.32. The Morgan fingerprint density at radius 3 is 2.59 bits per heavy atom. The molecule has 1 aliphatic rings. The molecule has 198 valence electrons. The largest absolute Gasteiger partial charge is 0.505 e. The molecule has 1 aliphatic heterocycles. The summed E-state index contributed by atoms with van der Waals surface area (Å²) in [7, 11) is -7.73. The molecule has 0 atom stereocenters. The van der Waals surface area contributed by atoms with Crippen LogP contribution in [0.5, 0.6) is 5.75 Å². The monoisotopic (exact) mass is 564 g/mol. The van der Waals surface area contributed by atoms with E-state index in [0.29, 0.717) is 11.3 Å². The average molecular weight is 565 g/mol. The second kappa shape index (κ2) is 9.62. The van der Waals surface area contributed by atoms with Crippen molar-refractivity contribution in [3.63, 3.8) is 0 Å². The number of rotatable bonds is 8. The van der Waals surface area contributed by atoms with Gasteiger partial charge < -0.3 is 10.4 Å². The summed E-state index contributed by atoms with van der Waals surface area (Å²) in [5.41, 5.74) is -0.581. The van der Waals surface area contributed by atoms with Crippen LogP contribution in [0.25, 0.3) is 16.3 Å². The van der Waals surface area contributed by atoms with Gasteiger partial charge in [0.15, 0.2) is 5.75 Å². The number of hydrogen-bond acceptors (Lipinski definition) is 9. The number of hydrogen-bond donors (Lipinski definition) is 3. The van der Waals surface area contributed by atoms with E-state index >= 15 is 0 Å². The summed E-state index contributed by atoms with van der Waals surface area (Å²) < 4.78 is 53.1. The first kappa shape index (κ1) is 26.9. The summed E-state index contributed by atoms with van der Waals surface area (Å²) in [6.07, 6.45) is 2.50. The van der Waals surface area contributed by atoms with E-state index in [1.54, 1.807) is 12.1 Å². The van der Waals surface area contributed by atoms with Crippen LogP contribution in [0.15, 0.2) is 50.8 Å². The van der Waals surface area contributed by atoms with Crippen molar-refractivity contribution in [3.05, 3.63) is 57.0 Å².